The van der Waals surface area contributed by atoms with E-state index in [0.29, 0.717) is 54.6 Å². The van der Waals surface area contributed by atoms with Crippen LogP contribution in [0.4, 0.5) is 11.4 Å². The molecule has 6 N–H and O–H groups in total. The summed E-state index contributed by atoms with van der Waals surface area (Å²) in [5.41, 5.74) is 16.1. The van der Waals surface area contributed by atoms with E-state index in [1.165, 1.54) is 18.4 Å². The second-order valence-corrected chi connectivity index (χ2v) is 15.5. The van der Waals surface area contributed by atoms with Crippen molar-refractivity contribution in [2.45, 2.75) is 33.6 Å². The van der Waals surface area contributed by atoms with Crippen LogP contribution in [0.1, 0.15) is 49.1 Å². The standard InChI is InChI=1S/C28H36N10O5S3/c1-13-14(2)35-38(28-17(13)19(29)23(45-28)25(40)31-9-11-36(4)27(41)16-7-8-16)21-15(3)33-34-26-18(21)20(30)22(44-26)24(39)32-10-12-37(5)46(6,42)43/h16H,7-12H2,1-6H3,(H5-,29,30,31,32,39,40)/p+1. The number of likely N-dealkylation sites (N-methyl/N-ethyl adjacent to an activating group) is 2. The third-order valence-corrected chi connectivity index (χ3v) is 11.6. The van der Waals surface area contributed by atoms with Gasteiger partial charge in [0.25, 0.3) is 17.5 Å². The Kier molecular flexibility index (Phi) is 9.18. The van der Waals surface area contributed by atoms with Crippen molar-refractivity contribution < 1.29 is 27.5 Å². The number of fused-ring (bicyclic) bond motifs is 2. The Morgan fingerprint density at radius 1 is 0.913 bits per heavy atom. The molecule has 0 unspecified atom stereocenters. The highest BCUT2D eigenvalue weighted by Crippen LogP contribution is 2.38. The lowest BCUT2D eigenvalue weighted by atomic mass is 10.1. The van der Waals surface area contributed by atoms with E-state index in [9.17, 15) is 22.8 Å². The minimum absolute atomic E-state index is 0.0775. The molecule has 1 fully saturated rings. The molecule has 0 aliphatic heterocycles. The van der Waals surface area contributed by atoms with Gasteiger partial charge in [0.05, 0.1) is 23.0 Å². The summed E-state index contributed by atoms with van der Waals surface area (Å²) in [4.78, 5) is 41.9. The second kappa shape index (κ2) is 12.7. The lowest BCUT2D eigenvalue weighted by Gasteiger charge is -2.16. The number of sulfonamides is 1. The number of hydrogen-bond donors (Lipinski definition) is 4. The number of nitrogens with two attached hydrogens (primary N) is 2. The van der Waals surface area contributed by atoms with Crippen LogP contribution >= 0.6 is 22.7 Å². The van der Waals surface area contributed by atoms with Crippen LogP contribution in [0.2, 0.25) is 0 Å². The molecule has 1 aliphatic carbocycles. The van der Waals surface area contributed by atoms with Crippen molar-refractivity contribution in [3.05, 3.63) is 26.7 Å². The molecular weight excluding hydrogens is 653 g/mol. The number of anilines is 2. The highest BCUT2D eigenvalue weighted by Gasteiger charge is 2.34. The van der Waals surface area contributed by atoms with Gasteiger partial charge in [-0.15, -0.1) is 21.5 Å². The van der Waals surface area contributed by atoms with Crippen LogP contribution in [-0.4, -0.2) is 97.2 Å². The number of carbonyl (C=O) groups is 3. The van der Waals surface area contributed by atoms with Gasteiger partial charge in [-0.25, -0.2) is 12.7 Å². The Hall–Kier alpha value is -4.00. The summed E-state index contributed by atoms with van der Waals surface area (Å²) in [5, 5.41) is 20.2. The number of rotatable bonds is 11. The van der Waals surface area contributed by atoms with Crippen molar-refractivity contribution in [3.63, 3.8) is 0 Å². The zero-order valence-corrected chi connectivity index (χ0v) is 28.9. The Balaban J connectivity index is 1.49. The van der Waals surface area contributed by atoms with E-state index < -0.39 is 15.9 Å². The molecule has 15 nitrogen and oxygen atoms in total. The average Bonchev–Trinajstić information content (AvgIpc) is 3.71. The van der Waals surface area contributed by atoms with Gasteiger partial charge in [-0.1, -0.05) is 11.3 Å². The number of amides is 3. The van der Waals surface area contributed by atoms with E-state index in [1.54, 1.807) is 23.6 Å². The third kappa shape index (κ3) is 6.33. The van der Waals surface area contributed by atoms with E-state index in [2.05, 4.69) is 20.8 Å². The van der Waals surface area contributed by atoms with Gasteiger partial charge in [-0.3, -0.25) is 14.4 Å². The molecule has 3 amide bonds. The number of nitrogens with zero attached hydrogens (tertiary/aromatic N) is 6. The molecule has 0 spiro atoms. The first-order chi connectivity index (χ1) is 21.6. The Labute approximate surface area is 274 Å². The van der Waals surface area contributed by atoms with Gasteiger partial charge in [0.15, 0.2) is 4.83 Å². The fraction of sp³-hybridized carbons (Fsp3) is 0.464. The van der Waals surface area contributed by atoms with Crippen molar-refractivity contribution in [3.8, 4) is 5.69 Å². The number of thiophene rings is 2. The maximum atomic E-state index is 13.3. The molecule has 1 saturated carbocycles. The van der Waals surface area contributed by atoms with E-state index in [0.717, 1.165) is 40.3 Å². The maximum Gasteiger partial charge on any atom is 0.304 e. The quantitative estimate of drug-likeness (QED) is 0.163. The lowest BCUT2D eigenvalue weighted by molar-refractivity contribution is -0.630. The van der Waals surface area contributed by atoms with Crippen LogP contribution in [0.25, 0.3) is 26.1 Å². The molecule has 0 radical (unpaired) electrons. The largest absolute Gasteiger partial charge is 0.397 e. The van der Waals surface area contributed by atoms with E-state index in [4.69, 9.17) is 16.6 Å². The highest BCUT2D eigenvalue weighted by atomic mass is 32.2. The number of aryl methyl sites for hydroxylation is 3. The lowest BCUT2D eigenvalue weighted by Crippen LogP contribution is -2.38. The second-order valence-electron chi connectivity index (χ2n) is 11.4. The fourth-order valence-electron chi connectivity index (χ4n) is 4.96. The molecule has 5 rings (SSSR count). The monoisotopic (exact) mass is 689 g/mol. The fourth-order valence-corrected chi connectivity index (χ4v) is 7.50. The van der Waals surface area contributed by atoms with Crippen LogP contribution < -0.4 is 26.8 Å². The molecule has 46 heavy (non-hydrogen) atoms. The number of aromatic nitrogens is 4. The van der Waals surface area contributed by atoms with Gasteiger partial charge < -0.3 is 27.0 Å². The first-order valence-electron chi connectivity index (χ1n) is 14.5. The Morgan fingerprint density at radius 3 is 2.11 bits per heavy atom. The van der Waals surface area contributed by atoms with Gasteiger partial charge in [-0.2, -0.15) is 0 Å². The summed E-state index contributed by atoms with van der Waals surface area (Å²) >= 11 is 2.23. The zero-order valence-electron chi connectivity index (χ0n) is 26.4. The van der Waals surface area contributed by atoms with E-state index in [-0.39, 0.29) is 47.9 Å². The van der Waals surface area contributed by atoms with Gasteiger partial charge in [-0.05, 0) is 43.9 Å². The number of hydrogen-bond acceptors (Lipinski definition) is 12. The molecule has 4 heterocycles. The highest BCUT2D eigenvalue weighted by molar-refractivity contribution is 7.88. The van der Waals surface area contributed by atoms with Gasteiger partial charge in [0.1, 0.15) is 26.5 Å². The number of nitrogens with one attached hydrogen (secondary N) is 2. The first kappa shape index (κ1) is 33.4. The van der Waals surface area contributed by atoms with Gasteiger partial charge in [0.2, 0.25) is 15.9 Å². The van der Waals surface area contributed by atoms with E-state index in [1.807, 2.05) is 13.8 Å². The molecule has 0 atom stereocenters. The summed E-state index contributed by atoms with van der Waals surface area (Å²) in [6.07, 6.45) is 2.92. The third-order valence-electron chi connectivity index (χ3n) is 8.02. The Morgan fingerprint density at radius 2 is 1.50 bits per heavy atom. The van der Waals surface area contributed by atoms with Crippen molar-refractivity contribution in [2.75, 3.05) is 58.0 Å². The smallest absolute Gasteiger partial charge is 0.304 e. The van der Waals surface area contributed by atoms with Crippen LogP contribution in [0.3, 0.4) is 0 Å². The molecule has 18 heteroatoms. The maximum absolute atomic E-state index is 13.3. The van der Waals surface area contributed by atoms with Gasteiger partial charge in [0, 0.05) is 51.3 Å². The molecule has 1 aliphatic rings. The SMILES string of the molecule is Cc1nnc2sc(C(=O)NCCN(C)S(C)(=O)=O)c(N)c2c1-[n+]1nc(C)c(C)c2c(N)c(C(=O)NCCN(C)C(=O)C3CC3)sc21. The molecular formula is C28H37N10O5S3+. The topological polar surface area (TPSA) is 210 Å². The number of carbonyl (C=O) groups excluding carboxylic acids is 3. The van der Waals surface area contributed by atoms with Crippen molar-refractivity contribution in [2.24, 2.45) is 5.92 Å². The van der Waals surface area contributed by atoms with Crippen molar-refractivity contribution in [1.82, 2.24) is 35.1 Å². The summed E-state index contributed by atoms with van der Waals surface area (Å²) in [6.45, 7) is 6.28. The normalized spacial score (nSPS) is 13.5. The van der Waals surface area contributed by atoms with Crippen LogP contribution in [0.15, 0.2) is 0 Å². The minimum atomic E-state index is -3.39. The van der Waals surface area contributed by atoms with Gasteiger partial charge >= 0.3 is 4.83 Å². The predicted octanol–water partition coefficient (Wildman–Crippen LogP) is 0.887. The predicted molar refractivity (Wildman–Crippen MR) is 178 cm³/mol. The van der Waals surface area contributed by atoms with Crippen molar-refractivity contribution in [1.29, 1.82) is 0 Å². The molecule has 4 aromatic rings. The molecule has 246 valence electrons. The molecule has 0 aromatic carbocycles. The zero-order chi connectivity index (χ0) is 33.7. The van der Waals surface area contributed by atoms with Crippen LogP contribution in [-0.2, 0) is 14.8 Å². The molecule has 0 bridgehead atoms. The molecule has 0 saturated heterocycles. The first-order valence-corrected chi connectivity index (χ1v) is 18.0. The van der Waals surface area contributed by atoms with E-state index >= 15 is 0 Å². The minimum Gasteiger partial charge on any atom is -0.397 e. The summed E-state index contributed by atoms with van der Waals surface area (Å²) in [5.74, 6) is -0.644. The summed E-state index contributed by atoms with van der Waals surface area (Å²) in [7, 11) is -0.234. The Bertz CT molecular complexity index is 2000. The van der Waals surface area contributed by atoms with Crippen molar-refractivity contribution >= 4 is 82.2 Å². The summed E-state index contributed by atoms with van der Waals surface area (Å²) in [6, 6.07) is 0. The molecule has 4 aromatic heterocycles. The van der Waals surface area contributed by atoms with Crippen LogP contribution in [0.5, 0.6) is 0 Å². The van der Waals surface area contributed by atoms with Crippen LogP contribution in [0, 0.1) is 26.7 Å². The average molecular weight is 690 g/mol. The number of nitrogen functional groups attached to an aromatic ring is 2. The summed E-state index contributed by atoms with van der Waals surface area (Å²) < 4.78 is 26.2.